The Kier molecular flexibility index (Phi) is 5.60. The van der Waals surface area contributed by atoms with Crippen LogP contribution in [0.4, 0.5) is 14.9 Å². The molecule has 186 valence electrons. The van der Waals surface area contributed by atoms with E-state index in [1.807, 2.05) is 37.3 Å². The van der Waals surface area contributed by atoms with Crippen molar-refractivity contribution in [1.82, 2.24) is 15.5 Å². The highest BCUT2D eigenvalue weighted by Gasteiger charge is 2.36. The van der Waals surface area contributed by atoms with Gasteiger partial charge in [0.1, 0.15) is 5.82 Å². The molecule has 3 heterocycles. The van der Waals surface area contributed by atoms with E-state index in [-0.39, 0.29) is 18.7 Å². The van der Waals surface area contributed by atoms with Gasteiger partial charge in [0, 0.05) is 11.3 Å². The molecule has 1 atom stereocenters. The van der Waals surface area contributed by atoms with Crippen LogP contribution in [-0.4, -0.2) is 23.0 Å². The van der Waals surface area contributed by atoms with Crippen molar-refractivity contribution in [3.63, 3.8) is 0 Å². The monoisotopic (exact) mass is 498 g/mol. The summed E-state index contributed by atoms with van der Waals surface area (Å²) < 4.78 is 30.8. The number of urea groups is 1. The number of benzene rings is 3. The number of halogens is 1. The number of carbonyl (C=O) groups is 1. The predicted octanol–water partition coefficient (Wildman–Crippen LogP) is 5.87. The highest BCUT2D eigenvalue weighted by atomic mass is 19.1. The SMILES string of the molecule is CCc1ccc(N2C(=O)NC(c3cccc(F)c3)C(c3nc(-c4ccc5c(c4)OCO5)no3)=C2C)cc1. The van der Waals surface area contributed by atoms with Crippen LogP contribution in [0.2, 0.25) is 0 Å². The first-order valence-corrected chi connectivity index (χ1v) is 11.9. The summed E-state index contributed by atoms with van der Waals surface area (Å²) >= 11 is 0. The van der Waals surface area contributed by atoms with Crippen molar-refractivity contribution in [2.45, 2.75) is 26.3 Å². The smallest absolute Gasteiger partial charge is 0.326 e. The molecule has 0 saturated heterocycles. The maximum absolute atomic E-state index is 14.2. The van der Waals surface area contributed by atoms with Crippen molar-refractivity contribution in [3.8, 4) is 22.9 Å². The van der Waals surface area contributed by atoms with Crippen molar-refractivity contribution in [3.05, 3.63) is 95.3 Å². The molecule has 2 amide bonds. The Morgan fingerprint density at radius 1 is 1.05 bits per heavy atom. The Bertz CT molecular complexity index is 1530. The molecule has 8 nitrogen and oxygen atoms in total. The molecule has 1 unspecified atom stereocenters. The fourth-order valence-corrected chi connectivity index (χ4v) is 4.63. The van der Waals surface area contributed by atoms with Gasteiger partial charge in [-0.15, -0.1) is 0 Å². The van der Waals surface area contributed by atoms with Crippen molar-refractivity contribution < 1.29 is 23.2 Å². The summed E-state index contributed by atoms with van der Waals surface area (Å²) in [6, 6.07) is 18.2. The molecule has 0 saturated carbocycles. The first-order valence-electron chi connectivity index (χ1n) is 11.9. The molecule has 1 aromatic heterocycles. The van der Waals surface area contributed by atoms with Gasteiger partial charge in [-0.05, 0) is 66.9 Å². The van der Waals surface area contributed by atoms with E-state index in [9.17, 15) is 9.18 Å². The topological polar surface area (TPSA) is 89.7 Å². The molecular weight excluding hydrogens is 475 g/mol. The molecule has 0 aliphatic carbocycles. The van der Waals surface area contributed by atoms with E-state index in [2.05, 4.69) is 22.4 Å². The maximum Gasteiger partial charge on any atom is 0.326 e. The lowest BCUT2D eigenvalue weighted by Gasteiger charge is -2.35. The molecule has 37 heavy (non-hydrogen) atoms. The minimum Gasteiger partial charge on any atom is -0.454 e. The van der Waals surface area contributed by atoms with Gasteiger partial charge in [-0.2, -0.15) is 4.98 Å². The van der Waals surface area contributed by atoms with E-state index in [0.29, 0.717) is 45.4 Å². The van der Waals surface area contributed by atoms with E-state index in [1.54, 1.807) is 29.2 Å². The number of carbonyl (C=O) groups excluding carboxylic acids is 1. The summed E-state index contributed by atoms with van der Waals surface area (Å²) in [7, 11) is 0. The largest absolute Gasteiger partial charge is 0.454 e. The summed E-state index contributed by atoms with van der Waals surface area (Å²) in [5, 5.41) is 7.18. The minimum atomic E-state index is -0.695. The van der Waals surface area contributed by atoms with Crippen molar-refractivity contribution in [2.75, 3.05) is 11.7 Å². The lowest BCUT2D eigenvalue weighted by Crippen LogP contribution is -2.46. The number of aryl methyl sites for hydroxylation is 1. The fourth-order valence-electron chi connectivity index (χ4n) is 4.63. The lowest BCUT2D eigenvalue weighted by molar-refractivity contribution is 0.174. The van der Waals surface area contributed by atoms with Crippen molar-refractivity contribution in [1.29, 1.82) is 0 Å². The lowest BCUT2D eigenvalue weighted by atomic mass is 9.94. The normalized spacial score (nSPS) is 16.8. The van der Waals surface area contributed by atoms with E-state index >= 15 is 0 Å². The first-order chi connectivity index (χ1) is 18.0. The number of anilines is 1. The van der Waals surface area contributed by atoms with Gasteiger partial charge in [0.25, 0.3) is 5.89 Å². The number of hydrogen-bond donors (Lipinski definition) is 1. The maximum atomic E-state index is 14.2. The third kappa shape index (κ3) is 4.08. The van der Waals surface area contributed by atoms with Crippen LogP contribution in [0.15, 0.2) is 77.0 Å². The second-order valence-corrected chi connectivity index (χ2v) is 8.78. The first kappa shape index (κ1) is 22.8. The molecule has 9 heteroatoms. The van der Waals surface area contributed by atoms with Gasteiger partial charge < -0.3 is 19.3 Å². The molecule has 0 radical (unpaired) electrons. The number of ether oxygens (including phenoxy) is 2. The van der Waals surface area contributed by atoms with Crippen LogP contribution >= 0.6 is 0 Å². The molecule has 6 rings (SSSR count). The molecule has 3 aromatic carbocycles. The van der Waals surface area contributed by atoms with Crippen LogP contribution in [0.1, 0.15) is 36.9 Å². The van der Waals surface area contributed by atoms with Crippen LogP contribution in [0, 0.1) is 5.82 Å². The van der Waals surface area contributed by atoms with Gasteiger partial charge >= 0.3 is 6.03 Å². The van der Waals surface area contributed by atoms with E-state index < -0.39 is 11.9 Å². The summed E-state index contributed by atoms with van der Waals surface area (Å²) in [6.45, 7) is 4.05. The number of fused-ring (bicyclic) bond motifs is 1. The average molecular weight is 499 g/mol. The van der Waals surface area contributed by atoms with Crippen LogP contribution in [-0.2, 0) is 6.42 Å². The Morgan fingerprint density at radius 2 is 1.86 bits per heavy atom. The number of rotatable bonds is 5. The number of nitrogens with zero attached hydrogens (tertiary/aromatic N) is 3. The number of nitrogens with one attached hydrogen (secondary N) is 1. The quantitative estimate of drug-likeness (QED) is 0.370. The van der Waals surface area contributed by atoms with Crippen LogP contribution in [0.5, 0.6) is 11.5 Å². The second-order valence-electron chi connectivity index (χ2n) is 8.78. The van der Waals surface area contributed by atoms with Gasteiger partial charge in [-0.3, -0.25) is 4.90 Å². The molecule has 4 aromatic rings. The Labute approximate surface area is 212 Å². The molecule has 2 aliphatic heterocycles. The van der Waals surface area contributed by atoms with Gasteiger partial charge in [-0.25, -0.2) is 9.18 Å². The van der Waals surface area contributed by atoms with Crippen molar-refractivity contribution >= 4 is 17.3 Å². The minimum absolute atomic E-state index is 0.159. The van der Waals surface area contributed by atoms with Gasteiger partial charge in [-0.1, -0.05) is 36.3 Å². The Hall–Kier alpha value is -4.66. The van der Waals surface area contributed by atoms with Crippen LogP contribution in [0.3, 0.4) is 0 Å². The Balaban J connectivity index is 1.46. The standard InChI is InChI=1S/C28H23FN4O4/c1-3-17-7-10-21(11-8-17)33-16(2)24(25(30-28(33)34)18-5-4-6-20(29)13-18)27-31-26(32-37-27)19-9-12-22-23(14-19)36-15-35-22/h4-14,25H,3,15H2,1-2H3,(H,30,34). The summed E-state index contributed by atoms with van der Waals surface area (Å²) in [5.74, 6) is 1.41. The van der Waals surface area contributed by atoms with E-state index in [0.717, 1.165) is 12.0 Å². The third-order valence-electron chi connectivity index (χ3n) is 6.56. The zero-order valence-electron chi connectivity index (χ0n) is 20.2. The molecule has 0 bridgehead atoms. The van der Waals surface area contributed by atoms with Crippen LogP contribution < -0.4 is 19.7 Å². The number of allylic oxidation sites excluding steroid dienone is 1. The third-order valence-corrected chi connectivity index (χ3v) is 6.56. The van der Waals surface area contributed by atoms with E-state index in [4.69, 9.17) is 14.0 Å². The Morgan fingerprint density at radius 3 is 2.65 bits per heavy atom. The molecule has 2 aliphatic rings. The summed E-state index contributed by atoms with van der Waals surface area (Å²) in [4.78, 5) is 19.6. The van der Waals surface area contributed by atoms with Gasteiger partial charge in [0.05, 0.1) is 17.3 Å². The zero-order chi connectivity index (χ0) is 25.5. The number of amides is 2. The molecule has 0 spiro atoms. The molecular formula is C28H23FN4O4. The second kappa shape index (κ2) is 9.09. The van der Waals surface area contributed by atoms with Crippen LogP contribution in [0.25, 0.3) is 17.0 Å². The van der Waals surface area contributed by atoms with Crippen molar-refractivity contribution in [2.24, 2.45) is 0 Å². The number of hydrogen-bond acceptors (Lipinski definition) is 6. The fraction of sp³-hybridized carbons (Fsp3) is 0.179. The summed E-state index contributed by atoms with van der Waals surface area (Å²) in [5.41, 5.74) is 4.27. The zero-order valence-corrected chi connectivity index (χ0v) is 20.2. The highest BCUT2D eigenvalue weighted by molar-refractivity contribution is 6.01. The molecule has 1 N–H and O–H groups in total. The predicted molar refractivity (Wildman–Crippen MR) is 134 cm³/mol. The average Bonchev–Trinajstić information content (AvgIpc) is 3.58. The van der Waals surface area contributed by atoms with E-state index in [1.165, 1.54) is 12.1 Å². The van der Waals surface area contributed by atoms with Gasteiger partial charge in [0.2, 0.25) is 12.6 Å². The summed E-state index contributed by atoms with van der Waals surface area (Å²) in [6.07, 6.45) is 0.888. The number of aromatic nitrogens is 2. The molecule has 0 fully saturated rings. The highest BCUT2D eigenvalue weighted by Crippen LogP contribution is 2.40. The van der Waals surface area contributed by atoms with Gasteiger partial charge in [0.15, 0.2) is 11.5 Å².